The Balaban J connectivity index is 1.54. The van der Waals surface area contributed by atoms with Crippen LogP contribution in [0.3, 0.4) is 0 Å². The second-order valence-corrected chi connectivity index (χ2v) is 9.93. The molecule has 6 rings (SSSR count). The highest BCUT2D eigenvalue weighted by atomic mass is 14.9. The maximum Gasteiger partial charge on any atom is 0.0704 e. The van der Waals surface area contributed by atoms with Crippen LogP contribution in [0.15, 0.2) is 146 Å². The molecule has 0 heterocycles. The van der Waals surface area contributed by atoms with Gasteiger partial charge in [0.1, 0.15) is 0 Å². The third-order valence-corrected chi connectivity index (χ3v) is 7.06. The Morgan fingerprint density at radius 3 is 1.62 bits per heavy atom. The number of benzene rings is 6. The summed E-state index contributed by atoms with van der Waals surface area (Å²) in [7, 11) is 0. The zero-order chi connectivity index (χ0) is 27.3. The molecule has 0 spiro atoms. The molecular weight excluding hydrogens is 486 g/mol. The quantitative estimate of drug-likeness (QED) is 0.185. The molecule has 0 aliphatic rings. The maximum absolute atomic E-state index is 7.13. The first-order valence-corrected chi connectivity index (χ1v) is 13.5. The van der Waals surface area contributed by atoms with Crippen LogP contribution in [0.4, 0.5) is 28.4 Å². The van der Waals surface area contributed by atoms with E-state index in [4.69, 9.17) is 5.73 Å². The van der Waals surface area contributed by atoms with Gasteiger partial charge >= 0.3 is 0 Å². The minimum Gasteiger partial charge on any atom is -0.397 e. The van der Waals surface area contributed by atoms with Crippen LogP contribution in [-0.4, -0.2) is 0 Å². The van der Waals surface area contributed by atoms with Gasteiger partial charge in [0.2, 0.25) is 0 Å². The molecule has 6 aromatic rings. The number of anilines is 5. The summed E-state index contributed by atoms with van der Waals surface area (Å²) in [5, 5.41) is 7.13. The van der Waals surface area contributed by atoms with Crippen molar-refractivity contribution >= 4 is 28.4 Å². The van der Waals surface area contributed by atoms with Crippen molar-refractivity contribution in [3.8, 4) is 33.4 Å². The number of rotatable bonds is 7. The van der Waals surface area contributed by atoms with E-state index >= 15 is 0 Å². The Hall–Kier alpha value is -5.28. The lowest BCUT2D eigenvalue weighted by molar-refractivity contribution is 1.46. The van der Waals surface area contributed by atoms with Crippen molar-refractivity contribution in [3.63, 3.8) is 0 Å². The Morgan fingerprint density at radius 1 is 0.450 bits per heavy atom. The fourth-order valence-electron chi connectivity index (χ4n) is 5.11. The van der Waals surface area contributed by atoms with Crippen molar-refractivity contribution < 1.29 is 0 Å². The molecule has 0 amide bonds. The van der Waals surface area contributed by atoms with E-state index in [1.165, 1.54) is 5.56 Å². The van der Waals surface area contributed by atoms with Gasteiger partial charge in [-0.25, -0.2) is 0 Å². The lowest BCUT2D eigenvalue weighted by atomic mass is 9.87. The second-order valence-electron chi connectivity index (χ2n) is 9.93. The molecule has 0 saturated carbocycles. The van der Waals surface area contributed by atoms with E-state index in [0.29, 0.717) is 0 Å². The molecular formula is C37H31N3. The van der Waals surface area contributed by atoms with Gasteiger partial charge in [0.15, 0.2) is 0 Å². The molecule has 0 atom stereocenters. The molecule has 0 unspecified atom stereocenters. The summed E-state index contributed by atoms with van der Waals surface area (Å²) in [6.07, 6.45) is 0. The minimum absolute atomic E-state index is 0.718. The summed E-state index contributed by atoms with van der Waals surface area (Å²) in [5.41, 5.74) is 19.5. The van der Waals surface area contributed by atoms with Crippen LogP contribution in [0.5, 0.6) is 0 Å². The zero-order valence-electron chi connectivity index (χ0n) is 22.4. The summed E-state index contributed by atoms with van der Waals surface area (Å²) in [6.45, 7) is 2.12. The Kier molecular flexibility index (Phi) is 7.02. The number of nitrogen functional groups attached to an aromatic ring is 1. The maximum atomic E-state index is 7.13. The van der Waals surface area contributed by atoms with Gasteiger partial charge in [-0.05, 0) is 71.6 Å². The van der Waals surface area contributed by atoms with Gasteiger partial charge in [0.05, 0.1) is 11.4 Å². The van der Waals surface area contributed by atoms with Gasteiger partial charge in [-0.2, -0.15) is 0 Å². The van der Waals surface area contributed by atoms with Crippen molar-refractivity contribution in [2.75, 3.05) is 16.4 Å². The summed E-state index contributed by atoms with van der Waals surface area (Å²) in [6, 6.07) is 50.2. The topological polar surface area (TPSA) is 50.1 Å². The molecule has 4 N–H and O–H groups in total. The second kappa shape index (κ2) is 11.2. The molecule has 194 valence electrons. The van der Waals surface area contributed by atoms with Crippen molar-refractivity contribution in [1.29, 1.82) is 0 Å². The number of hydrogen-bond acceptors (Lipinski definition) is 3. The first kappa shape index (κ1) is 25.0. The van der Waals surface area contributed by atoms with Gasteiger partial charge in [-0.15, -0.1) is 0 Å². The van der Waals surface area contributed by atoms with Crippen LogP contribution in [0, 0.1) is 6.92 Å². The lowest BCUT2D eigenvalue weighted by Gasteiger charge is -2.22. The van der Waals surface area contributed by atoms with Crippen molar-refractivity contribution in [1.82, 2.24) is 0 Å². The third kappa shape index (κ3) is 5.31. The molecule has 0 bridgehead atoms. The highest BCUT2D eigenvalue weighted by Crippen LogP contribution is 2.47. The Bertz CT molecular complexity index is 1730. The van der Waals surface area contributed by atoms with Crippen LogP contribution < -0.4 is 16.4 Å². The summed E-state index contributed by atoms with van der Waals surface area (Å²) < 4.78 is 0. The standard InChI is InChI=1S/C37H31N3/c1-26-12-11-15-29(24-26)34-25-33(27-20-22-32(23-21-27)39-30-16-7-3-8-17-30)35(28-13-5-2-6-14-28)36(38)37(34)40-31-18-9-4-10-19-31/h2-25,39-40H,38H2,1H3. The highest BCUT2D eigenvalue weighted by molar-refractivity contribution is 6.04. The molecule has 3 nitrogen and oxygen atoms in total. The third-order valence-electron chi connectivity index (χ3n) is 7.06. The average molecular weight is 518 g/mol. The van der Waals surface area contributed by atoms with Gasteiger partial charge < -0.3 is 16.4 Å². The van der Waals surface area contributed by atoms with Crippen LogP contribution in [0.1, 0.15) is 5.56 Å². The Morgan fingerprint density at radius 2 is 1.00 bits per heavy atom. The van der Waals surface area contributed by atoms with Crippen LogP contribution >= 0.6 is 0 Å². The van der Waals surface area contributed by atoms with E-state index in [1.807, 2.05) is 42.5 Å². The van der Waals surface area contributed by atoms with Crippen LogP contribution in [-0.2, 0) is 0 Å². The molecule has 0 aliphatic heterocycles. The predicted octanol–water partition coefficient (Wildman–Crippen LogP) is 10.1. The summed E-state index contributed by atoms with van der Waals surface area (Å²) in [5.74, 6) is 0. The number of aryl methyl sites for hydroxylation is 1. The number of nitrogens with one attached hydrogen (secondary N) is 2. The summed E-state index contributed by atoms with van der Waals surface area (Å²) in [4.78, 5) is 0. The lowest BCUT2D eigenvalue weighted by Crippen LogP contribution is -2.03. The van der Waals surface area contributed by atoms with Gasteiger partial charge in [-0.3, -0.25) is 0 Å². The summed E-state index contributed by atoms with van der Waals surface area (Å²) >= 11 is 0. The molecule has 3 heteroatoms. The van der Waals surface area contributed by atoms with E-state index in [2.05, 4.69) is 121 Å². The molecule has 40 heavy (non-hydrogen) atoms. The highest BCUT2D eigenvalue weighted by Gasteiger charge is 2.20. The van der Waals surface area contributed by atoms with Crippen molar-refractivity contribution in [2.45, 2.75) is 6.92 Å². The fraction of sp³-hybridized carbons (Fsp3) is 0.0270. The van der Waals surface area contributed by atoms with Crippen molar-refractivity contribution in [3.05, 3.63) is 151 Å². The minimum atomic E-state index is 0.718. The van der Waals surface area contributed by atoms with E-state index in [1.54, 1.807) is 0 Å². The van der Waals surface area contributed by atoms with E-state index in [-0.39, 0.29) is 0 Å². The first-order chi connectivity index (χ1) is 19.7. The molecule has 0 radical (unpaired) electrons. The largest absolute Gasteiger partial charge is 0.397 e. The Labute approximate surface area is 236 Å². The molecule has 0 aromatic heterocycles. The zero-order valence-corrected chi connectivity index (χ0v) is 22.4. The normalized spacial score (nSPS) is 10.7. The number of hydrogen-bond donors (Lipinski definition) is 3. The number of para-hydroxylation sites is 2. The molecule has 6 aromatic carbocycles. The van der Waals surface area contributed by atoms with Gasteiger partial charge in [0, 0.05) is 28.2 Å². The van der Waals surface area contributed by atoms with Crippen molar-refractivity contribution in [2.24, 2.45) is 0 Å². The number of nitrogens with two attached hydrogens (primary N) is 1. The smallest absolute Gasteiger partial charge is 0.0704 e. The SMILES string of the molecule is Cc1cccc(-c2cc(-c3ccc(Nc4ccccc4)cc3)c(-c3ccccc3)c(N)c2Nc2ccccc2)c1. The van der Waals surface area contributed by atoms with E-state index in [0.717, 1.165) is 61.8 Å². The first-order valence-electron chi connectivity index (χ1n) is 13.5. The van der Waals surface area contributed by atoms with Gasteiger partial charge in [0.25, 0.3) is 0 Å². The van der Waals surface area contributed by atoms with E-state index in [9.17, 15) is 0 Å². The predicted molar refractivity (Wildman–Crippen MR) is 171 cm³/mol. The van der Waals surface area contributed by atoms with Gasteiger partial charge in [-0.1, -0.05) is 109 Å². The van der Waals surface area contributed by atoms with Crippen LogP contribution in [0.25, 0.3) is 33.4 Å². The van der Waals surface area contributed by atoms with Crippen LogP contribution in [0.2, 0.25) is 0 Å². The molecule has 0 aliphatic carbocycles. The fourth-order valence-corrected chi connectivity index (χ4v) is 5.11. The monoisotopic (exact) mass is 517 g/mol. The molecule has 0 fully saturated rings. The van der Waals surface area contributed by atoms with E-state index < -0.39 is 0 Å². The molecule has 0 saturated heterocycles. The average Bonchev–Trinajstić information content (AvgIpc) is 3.00.